The van der Waals surface area contributed by atoms with E-state index in [0.717, 1.165) is 0 Å². The number of phenolic OH excluding ortho intramolecular Hbond substituents is 1. The fourth-order valence-corrected chi connectivity index (χ4v) is 0.908. The lowest BCUT2D eigenvalue weighted by atomic mass is 10.2. The molecule has 2 heteroatoms. The van der Waals surface area contributed by atoms with Crippen LogP contribution in [0.15, 0.2) is 54.9 Å². The van der Waals surface area contributed by atoms with Crippen LogP contribution in [-0.2, 0) is 0 Å². The Morgan fingerprint density at radius 3 is 2.00 bits per heavy atom. The van der Waals surface area contributed by atoms with Gasteiger partial charge in [-0.2, -0.15) is 0 Å². The molecule has 1 aromatic heterocycles. The molecular weight excluding hydrogens is 186 g/mol. The Hall–Kier alpha value is -2.27. The summed E-state index contributed by atoms with van der Waals surface area (Å²) in [7, 11) is 0. The van der Waals surface area contributed by atoms with Crippen molar-refractivity contribution in [3.05, 3.63) is 60.4 Å². The lowest BCUT2D eigenvalue weighted by Crippen LogP contribution is -1.71. The van der Waals surface area contributed by atoms with Crippen molar-refractivity contribution in [2.75, 3.05) is 0 Å². The summed E-state index contributed by atoms with van der Waals surface area (Å²) in [6.07, 6.45) is 8.54. The molecular formula is C13H11NO. The van der Waals surface area contributed by atoms with Gasteiger partial charge in [0.25, 0.3) is 0 Å². The fourth-order valence-electron chi connectivity index (χ4n) is 0.908. The standard InChI is InChI=1S/C8H6O.C5H5N/c1-2-7-5-3-4-6-8(7)9;1-2-4-6-5-3-1/h1,3-6,9H;1-5H. The van der Waals surface area contributed by atoms with Gasteiger partial charge in [-0.25, -0.2) is 0 Å². The van der Waals surface area contributed by atoms with Crippen molar-refractivity contribution in [2.24, 2.45) is 0 Å². The molecule has 0 radical (unpaired) electrons. The molecule has 0 amide bonds. The Balaban J connectivity index is 0.000000162. The number of aromatic hydroxyl groups is 1. The highest BCUT2D eigenvalue weighted by Crippen LogP contribution is 2.12. The molecule has 0 spiro atoms. The van der Waals surface area contributed by atoms with Crippen molar-refractivity contribution in [1.29, 1.82) is 0 Å². The molecule has 74 valence electrons. The van der Waals surface area contributed by atoms with Crippen LogP contribution in [0.2, 0.25) is 0 Å². The summed E-state index contributed by atoms with van der Waals surface area (Å²) in [6, 6.07) is 12.5. The summed E-state index contributed by atoms with van der Waals surface area (Å²) in [5, 5.41) is 8.97. The number of hydrogen-bond acceptors (Lipinski definition) is 2. The molecule has 0 aliphatic carbocycles. The van der Waals surface area contributed by atoms with E-state index in [1.54, 1.807) is 36.7 Å². The molecule has 15 heavy (non-hydrogen) atoms. The van der Waals surface area contributed by atoms with Gasteiger partial charge in [-0.3, -0.25) is 4.98 Å². The van der Waals surface area contributed by atoms with Crippen molar-refractivity contribution in [3.63, 3.8) is 0 Å². The molecule has 0 fully saturated rings. The van der Waals surface area contributed by atoms with Crippen molar-refractivity contribution in [1.82, 2.24) is 4.98 Å². The minimum atomic E-state index is 0.167. The van der Waals surface area contributed by atoms with Gasteiger partial charge in [0.05, 0.1) is 5.56 Å². The van der Waals surface area contributed by atoms with Gasteiger partial charge in [0.1, 0.15) is 5.75 Å². The summed E-state index contributed by atoms with van der Waals surface area (Å²) in [6.45, 7) is 0. The van der Waals surface area contributed by atoms with E-state index in [4.69, 9.17) is 11.5 Å². The molecule has 2 rings (SSSR count). The summed E-state index contributed by atoms with van der Waals surface area (Å²) in [5.74, 6) is 2.51. The minimum absolute atomic E-state index is 0.167. The maximum atomic E-state index is 8.97. The quantitative estimate of drug-likeness (QED) is 0.658. The van der Waals surface area contributed by atoms with Crippen LogP contribution in [0.5, 0.6) is 5.75 Å². The second-order valence-corrected chi connectivity index (χ2v) is 2.69. The lowest BCUT2D eigenvalue weighted by Gasteiger charge is -1.91. The predicted octanol–water partition coefficient (Wildman–Crippen LogP) is 2.46. The Morgan fingerprint density at radius 1 is 1.00 bits per heavy atom. The number of nitrogens with zero attached hydrogens (tertiary/aromatic N) is 1. The number of phenols is 1. The zero-order valence-electron chi connectivity index (χ0n) is 8.17. The van der Waals surface area contributed by atoms with Crippen molar-refractivity contribution in [2.45, 2.75) is 0 Å². The Labute approximate surface area is 89.2 Å². The molecule has 0 saturated carbocycles. The number of pyridine rings is 1. The minimum Gasteiger partial charge on any atom is -0.507 e. The molecule has 1 N–H and O–H groups in total. The van der Waals surface area contributed by atoms with Crippen LogP contribution in [0.3, 0.4) is 0 Å². The first-order valence-electron chi connectivity index (χ1n) is 4.44. The van der Waals surface area contributed by atoms with Gasteiger partial charge in [-0.15, -0.1) is 6.42 Å². The molecule has 0 aliphatic rings. The third-order valence-electron chi connectivity index (χ3n) is 1.63. The highest BCUT2D eigenvalue weighted by Gasteiger charge is 1.90. The molecule has 2 nitrogen and oxygen atoms in total. The molecule has 0 aliphatic heterocycles. The summed E-state index contributed by atoms with van der Waals surface area (Å²) >= 11 is 0. The van der Waals surface area contributed by atoms with Crippen LogP contribution in [0, 0.1) is 12.3 Å². The average Bonchev–Trinajstić information content (AvgIpc) is 2.33. The maximum absolute atomic E-state index is 8.97. The molecule has 0 atom stereocenters. The van der Waals surface area contributed by atoms with E-state index in [-0.39, 0.29) is 5.75 Å². The van der Waals surface area contributed by atoms with E-state index in [0.29, 0.717) is 5.56 Å². The van der Waals surface area contributed by atoms with Crippen molar-refractivity contribution >= 4 is 0 Å². The molecule has 0 unspecified atom stereocenters. The van der Waals surface area contributed by atoms with Gasteiger partial charge in [-0.1, -0.05) is 24.1 Å². The van der Waals surface area contributed by atoms with E-state index >= 15 is 0 Å². The Kier molecular flexibility index (Phi) is 4.49. The monoisotopic (exact) mass is 197 g/mol. The summed E-state index contributed by atoms with van der Waals surface area (Å²) in [5.41, 5.74) is 0.539. The normalized spacial score (nSPS) is 8.20. The van der Waals surface area contributed by atoms with E-state index in [1.165, 1.54) is 0 Å². The highest BCUT2D eigenvalue weighted by molar-refractivity contribution is 5.43. The van der Waals surface area contributed by atoms with Crippen LogP contribution >= 0.6 is 0 Å². The van der Waals surface area contributed by atoms with Crippen molar-refractivity contribution in [3.8, 4) is 18.1 Å². The van der Waals surface area contributed by atoms with Crippen molar-refractivity contribution < 1.29 is 5.11 Å². The smallest absolute Gasteiger partial charge is 0.131 e. The fraction of sp³-hybridized carbons (Fsp3) is 0. The van der Waals surface area contributed by atoms with Crippen LogP contribution in [0.1, 0.15) is 5.56 Å². The number of aromatic nitrogens is 1. The van der Waals surface area contributed by atoms with Gasteiger partial charge >= 0.3 is 0 Å². The topological polar surface area (TPSA) is 33.1 Å². The third kappa shape index (κ3) is 3.97. The van der Waals surface area contributed by atoms with Crippen LogP contribution in [0.4, 0.5) is 0 Å². The number of hydrogen-bond donors (Lipinski definition) is 1. The van der Waals surface area contributed by atoms with Crippen LogP contribution in [0.25, 0.3) is 0 Å². The second kappa shape index (κ2) is 6.22. The summed E-state index contributed by atoms with van der Waals surface area (Å²) in [4.78, 5) is 3.78. The maximum Gasteiger partial charge on any atom is 0.131 e. The first kappa shape index (κ1) is 10.8. The first-order valence-corrected chi connectivity index (χ1v) is 4.44. The van der Waals surface area contributed by atoms with E-state index in [9.17, 15) is 0 Å². The van der Waals surface area contributed by atoms with Gasteiger partial charge in [0, 0.05) is 12.4 Å². The van der Waals surface area contributed by atoms with Gasteiger partial charge in [0.2, 0.25) is 0 Å². The molecule has 0 saturated heterocycles. The number of terminal acetylenes is 1. The molecule has 2 aromatic rings. The second-order valence-electron chi connectivity index (χ2n) is 2.69. The zero-order chi connectivity index (χ0) is 10.9. The Bertz CT molecular complexity index is 405. The number of rotatable bonds is 0. The lowest BCUT2D eigenvalue weighted by molar-refractivity contribution is 0.474. The molecule has 1 heterocycles. The first-order chi connectivity index (χ1) is 7.34. The van der Waals surface area contributed by atoms with Crippen LogP contribution < -0.4 is 0 Å². The predicted molar refractivity (Wildman–Crippen MR) is 60.3 cm³/mol. The van der Waals surface area contributed by atoms with E-state index in [1.807, 2.05) is 18.2 Å². The van der Waals surface area contributed by atoms with Gasteiger partial charge < -0.3 is 5.11 Å². The summed E-state index contributed by atoms with van der Waals surface area (Å²) < 4.78 is 0. The number of benzene rings is 1. The third-order valence-corrected chi connectivity index (χ3v) is 1.63. The van der Waals surface area contributed by atoms with E-state index < -0.39 is 0 Å². The Morgan fingerprint density at radius 2 is 1.67 bits per heavy atom. The zero-order valence-corrected chi connectivity index (χ0v) is 8.17. The number of para-hydroxylation sites is 1. The van der Waals surface area contributed by atoms with Gasteiger partial charge in [0.15, 0.2) is 0 Å². The SMILES string of the molecule is C#Cc1ccccc1O.c1ccncc1. The van der Waals surface area contributed by atoms with Gasteiger partial charge in [-0.05, 0) is 24.3 Å². The molecule has 0 bridgehead atoms. The molecule has 1 aromatic carbocycles. The highest BCUT2D eigenvalue weighted by atomic mass is 16.3. The average molecular weight is 197 g/mol. The largest absolute Gasteiger partial charge is 0.507 e. The van der Waals surface area contributed by atoms with Crippen LogP contribution in [-0.4, -0.2) is 10.1 Å². The van der Waals surface area contributed by atoms with E-state index in [2.05, 4.69) is 10.9 Å².